The van der Waals surface area contributed by atoms with Crippen molar-refractivity contribution in [3.8, 4) is 17.1 Å². The summed E-state index contributed by atoms with van der Waals surface area (Å²) >= 11 is 1.64. The first-order valence-electron chi connectivity index (χ1n) is 9.95. The first-order valence-corrected chi connectivity index (χ1v) is 10.9. The van der Waals surface area contributed by atoms with Crippen LogP contribution in [0.4, 0.5) is 5.82 Å². The van der Waals surface area contributed by atoms with Gasteiger partial charge in [0.2, 0.25) is 0 Å². The van der Waals surface area contributed by atoms with Gasteiger partial charge in [0.25, 0.3) is 0 Å². The van der Waals surface area contributed by atoms with Gasteiger partial charge in [-0.05, 0) is 25.3 Å². The molecular weight excluding hydrogens is 402 g/mol. The second kappa shape index (κ2) is 8.13. The monoisotopic (exact) mass is 425 g/mol. The van der Waals surface area contributed by atoms with E-state index in [1.54, 1.807) is 17.7 Å². The summed E-state index contributed by atoms with van der Waals surface area (Å²) in [5.74, 6) is 2.01. The summed E-state index contributed by atoms with van der Waals surface area (Å²) in [6, 6.07) is 2.05. The summed E-state index contributed by atoms with van der Waals surface area (Å²) in [5.41, 5.74) is 4.13. The SMILES string of the molecule is Cc1noc(C)c1-c1nc(NCCN2CCOCC2)c2ncn(-c3ccsc3)c2n1. The average molecular weight is 426 g/mol. The molecule has 0 aromatic carbocycles. The van der Waals surface area contributed by atoms with E-state index in [1.807, 2.05) is 23.8 Å². The summed E-state index contributed by atoms with van der Waals surface area (Å²) in [6.45, 7) is 8.96. The molecule has 1 N–H and O–H groups in total. The van der Waals surface area contributed by atoms with Crippen molar-refractivity contribution < 1.29 is 9.26 Å². The number of ether oxygens (including phenoxy) is 1. The molecule has 0 atom stereocenters. The summed E-state index contributed by atoms with van der Waals surface area (Å²) in [4.78, 5) is 16.6. The summed E-state index contributed by atoms with van der Waals surface area (Å²) in [6.07, 6.45) is 1.80. The van der Waals surface area contributed by atoms with E-state index in [4.69, 9.17) is 19.2 Å². The van der Waals surface area contributed by atoms with E-state index in [2.05, 4.69) is 31.8 Å². The Hall–Kier alpha value is -2.82. The quantitative estimate of drug-likeness (QED) is 0.504. The van der Waals surface area contributed by atoms with Gasteiger partial charge in [-0.1, -0.05) is 5.16 Å². The Labute approximate surface area is 177 Å². The van der Waals surface area contributed by atoms with Crippen molar-refractivity contribution in [2.24, 2.45) is 0 Å². The van der Waals surface area contributed by atoms with Crippen LogP contribution >= 0.6 is 11.3 Å². The Morgan fingerprint density at radius 2 is 2.07 bits per heavy atom. The minimum Gasteiger partial charge on any atom is -0.379 e. The Kier molecular flexibility index (Phi) is 5.19. The number of imidazole rings is 1. The minimum atomic E-state index is 0.588. The maximum atomic E-state index is 5.43. The predicted molar refractivity (Wildman–Crippen MR) is 115 cm³/mol. The van der Waals surface area contributed by atoms with Crippen molar-refractivity contribution in [3.05, 3.63) is 34.6 Å². The fourth-order valence-electron chi connectivity index (χ4n) is 3.68. The lowest BCUT2D eigenvalue weighted by atomic mass is 10.2. The number of anilines is 1. The van der Waals surface area contributed by atoms with Gasteiger partial charge in [0.1, 0.15) is 12.1 Å². The minimum absolute atomic E-state index is 0.588. The maximum Gasteiger partial charge on any atom is 0.170 e. The number of thiophene rings is 1. The molecule has 30 heavy (non-hydrogen) atoms. The molecule has 156 valence electrons. The van der Waals surface area contributed by atoms with Crippen LogP contribution < -0.4 is 5.32 Å². The number of morpholine rings is 1. The molecule has 0 amide bonds. The molecule has 10 heteroatoms. The summed E-state index contributed by atoms with van der Waals surface area (Å²) in [5, 5.41) is 11.7. The van der Waals surface area contributed by atoms with E-state index in [1.165, 1.54) is 0 Å². The first kappa shape index (κ1) is 19.2. The number of aromatic nitrogens is 5. The number of nitrogens with one attached hydrogen (secondary N) is 1. The van der Waals surface area contributed by atoms with Gasteiger partial charge >= 0.3 is 0 Å². The molecule has 0 spiro atoms. The highest BCUT2D eigenvalue weighted by atomic mass is 32.1. The van der Waals surface area contributed by atoms with Crippen LogP contribution in [-0.2, 0) is 4.74 Å². The topological polar surface area (TPSA) is 94.1 Å². The molecule has 1 saturated heterocycles. The van der Waals surface area contributed by atoms with Crippen LogP contribution in [0.3, 0.4) is 0 Å². The van der Waals surface area contributed by atoms with Crippen molar-refractivity contribution in [3.63, 3.8) is 0 Å². The zero-order valence-corrected chi connectivity index (χ0v) is 17.8. The van der Waals surface area contributed by atoms with Crippen molar-refractivity contribution in [2.75, 3.05) is 44.7 Å². The molecule has 1 aliphatic heterocycles. The summed E-state index contributed by atoms with van der Waals surface area (Å²) < 4.78 is 12.8. The third kappa shape index (κ3) is 3.57. The molecule has 1 fully saturated rings. The van der Waals surface area contributed by atoms with Crippen LogP contribution in [0.25, 0.3) is 28.2 Å². The van der Waals surface area contributed by atoms with E-state index < -0.39 is 0 Å². The Balaban J connectivity index is 1.53. The van der Waals surface area contributed by atoms with Crippen LogP contribution in [0.15, 0.2) is 27.7 Å². The first-order chi connectivity index (χ1) is 14.7. The highest BCUT2D eigenvalue weighted by molar-refractivity contribution is 7.08. The highest BCUT2D eigenvalue weighted by Crippen LogP contribution is 2.29. The van der Waals surface area contributed by atoms with Gasteiger partial charge in [-0.25, -0.2) is 15.0 Å². The van der Waals surface area contributed by atoms with Gasteiger partial charge in [0.15, 0.2) is 22.8 Å². The van der Waals surface area contributed by atoms with Gasteiger partial charge in [0, 0.05) is 31.6 Å². The second-order valence-corrected chi connectivity index (χ2v) is 8.02. The fraction of sp³-hybridized carbons (Fsp3) is 0.400. The lowest BCUT2D eigenvalue weighted by molar-refractivity contribution is 0.0398. The molecular formula is C20H23N7O2S. The standard InChI is InChI=1S/C20H23N7O2S/c1-13-16(14(2)29-25-13)18-23-19(21-4-5-26-6-8-28-9-7-26)17-20(24-18)27(12-22-17)15-3-10-30-11-15/h3,10-12H,4-9H2,1-2H3,(H,21,23,24). The molecule has 5 heterocycles. The summed E-state index contributed by atoms with van der Waals surface area (Å²) in [7, 11) is 0. The smallest absolute Gasteiger partial charge is 0.170 e. The molecule has 0 saturated carbocycles. The Morgan fingerprint density at radius 1 is 1.20 bits per heavy atom. The third-order valence-electron chi connectivity index (χ3n) is 5.26. The van der Waals surface area contributed by atoms with Crippen LogP contribution in [0.5, 0.6) is 0 Å². The van der Waals surface area contributed by atoms with Gasteiger partial charge in [-0.3, -0.25) is 9.47 Å². The predicted octanol–water partition coefficient (Wildman–Crippen LogP) is 2.89. The third-order valence-corrected chi connectivity index (χ3v) is 5.93. The molecule has 4 aromatic heterocycles. The Bertz CT molecular complexity index is 1130. The highest BCUT2D eigenvalue weighted by Gasteiger charge is 2.20. The van der Waals surface area contributed by atoms with Gasteiger partial charge in [0.05, 0.1) is 30.2 Å². The largest absolute Gasteiger partial charge is 0.379 e. The van der Waals surface area contributed by atoms with Crippen LogP contribution in [-0.4, -0.2) is 69.0 Å². The van der Waals surface area contributed by atoms with Crippen LogP contribution in [0.2, 0.25) is 0 Å². The van der Waals surface area contributed by atoms with E-state index in [0.29, 0.717) is 11.6 Å². The van der Waals surface area contributed by atoms with Crippen molar-refractivity contribution in [2.45, 2.75) is 13.8 Å². The van der Waals surface area contributed by atoms with Gasteiger partial charge in [-0.2, -0.15) is 11.3 Å². The number of hydrogen-bond acceptors (Lipinski definition) is 9. The van der Waals surface area contributed by atoms with Crippen molar-refractivity contribution in [1.29, 1.82) is 0 Å². The lowest BCUT2D eigenvalue weighted by Gasteiger charge is -2.26. The number of fused-ring (bicyclic) bond motifs is 1. The van der Waals surface area contributed by atoms with Crippen LogP contribution in [0.1, 0.15) is 11.5 Å². The van der Waals surface area contributed by atoms with Crippen molar-refractivity contribution in [1.82, 2.24) is 29.6 Å². The van der Waals surface area contributed by atoms with E-state index in [0.717, 1.165) is 73.3 Å². The van der Waals surface area contributed by atoms with E-state index in [-0.39, 0.29) is 0 Å². The molecule has 9 nitrogen and oxygen atoms in total. The molecule has 4 aromatic rings. The normalized spacial score (nSPS) is 15.1. The van der Waals surface area contributed by atoms with Crippen LogP contribution in [0, 0.1) is 13.8 Å². The molecule has 0 unspecified atom stereocenters. The molecule has 5 rings (SSSR count). The number of nitrogens with zero attached hydrogens (tertiary/aromatic N) is 6. The van der Waals surface area contributed by atoms with Crippen molar-refractivity contribution >= 4 is 28.3 Å². The zero-order valence-electron chi connectivity index (χ0n) is 17.0. The van der Waals surface area contributed by atoms with E-state index >= 15 is 0 Å². The molecule has 1 aliphatic rings. The lowest BCUT2D eigenvalue weighted by Crippen LogP contribution is -2.39. The molecule has 0 radical (unpaired) electrons. The molecule has 0 bridgehead atoms. The molecule has 0 aliphatic carbocycles. The second-order valence-electron chi connectivity index (χ2n) is 7.24. The maximum absolute atomic E-state index is 5.43. The number of aryl methyl sites for hydroxylation is 2. The number of rotatable bonds is 6. The zero-order chi connectivity index (χ0) is 20.5. The number of hydrogen-bond donors (Lipinski definition) is 1. The van der Waals surface area contributed by atoms with Gasteiger partial charge < -0.3 is 14.6 Å². The van der Waals surface area contributed by atoms with E-state index in [9.17, 15) is 0 Å². The Morgan fingerprint density at radius 3 is 2.80 bits per heavy atom. The fourth-order valence-corrected chi connectivity index (χ4v) is 4.31. The van der Waals surface area contributed by atoms with Gasteiger partial charge in [-0.15, -0.1) is 0 Å². The average Bonchev–Trinajstić information content (AvgIpc) is 3.49.